The second-order valence-electron chi connectivity index (χ2n) is 5.91. The Labute approximate surface area is 144 Å². The summed E-state index contributed by atoms with van der Waals surface area (Å²) < 4.78 is 4.98. The summed E-state index contributed by atoms with van der Waals surface area (Å²) in [4.78, 5) is 23.8. The van der Waals surface area contributed by atoms with E-state index in [-0.39, 0.29) is 18.2 Å². The number of fused-ring (bicyclic) bond motifs is 3. The van der Waals surface area contributed by atoms with Gasteiger partial charge in [0.1, 0.15) is 0 Å². The summed E-state index contributed by atoms with van der Waals surface area (Å²) >= 11 is 0. The molecule has 0 fully saturated rings. The maximum absolute atomic E-state index is 12.0. The molecule has 0 bridgehead atoms. The molecule has 2 amide bonds. The van der Waals surface area contributed by atoms with Gasteiger partial charge in [-0.1, -0.05) is 30.3 Å². The molecular weight excluding hydrogens is 316 g/mol. The van der Waals surface area contributed by atoms with Gasteiger partial charge >= 0.3 is 0 Å². The van der Waals surface area contributed by atoms with Crippen LogP contribution in [0.15, 0.2) is 65.3 Å². The van der Waals surface area contributed by atoms with E-state index in [1.807, 2.05) is 30.3 Å². The normalized spacial score (nSPS) is 11.5. The van der Waals surface area contributed by atoms with Crippen molar-refractivity contribution in [3.05, 3.63) is 77.7 Å². The fraction of sp³-hybridized carbons (Fsp3) is 0.100. The maximum atomic E-state index is 12.0. The zero-order valence-electron chi connectivity index (χ0n) is 13.4. The highest BCUT2D eigenvalue weighted by Crippen LogP contribution is 2.37. The van der Waals surface area contributed by atoms with Crippen LogP contribution in [0.2, 0.25) is 0 Å². The molecule has 0 radical (unpaired) electrons. The Morgan fingerprint density at radius 1 is 0.960 bits per heavy atom. The summed E-state index contributed by atoms with van der Waals surface area (Å²) in [5.41, 5.74) is 5.68. The summed E-state index contributed by atoms with van der Waals surface area (Å²) in [6.45, 7) is -0.114. The average Bonchev–Trinajstić information content (AvgIpc) is 3.27. The molecular formula is C20H16N2O3. The molecule has 124 valence electrons. The van der Waals surface area contributed by atoms with Gasteiger partial charge in [0.2, 0.25) is 5.91 Å². The first-order chi connectivity index (χ1) is 12.2. The molecule has 5 heteroatoms. The Bertz CT molecular complexity index is 945. The number of anilines is 1. The number of nitrogens with one attached hydrogen (secondary N) is 2. The fourth-order valence-corrected chi connectivity index (χ4v) is 3.08. The van der Waals surface area contributed by atoms with Gasteiger partial charge in [-0.15, -0.1) is 0 Å². The van der Waals surface area contributed by atoms with Gasteiger partial charge in [0.05, 0.1) is 12.8 Å². The number of carbonyl (C=O) groups excluding carboxylic acids is 2. The van der Waals surface area contributed by atoms with Gasteiger partial charge in [-0.3, -0.25) is 9.59 Å². The predicted octanol–water partition coefficient (Wildman–Crippen LogP) is 3.22. The highest BCUT2D eigenvalue weighted by Gasteiger charge is 2.18. The predicted molar refractivity (Wildman–Crippen MR) is 94.4 cm³/mol. The highest BCUT2D eigenvalue weighted by molar-refractivity contribution is 5.98. The van der Waals surface area contributed by atoms with Gasteiger partial charge in [-0.05, 0) is 52.9 Å². The molecule has 1 heterocycles. The number of amides is 2. The second-order valence-corrected chi connectivity index (χ2v) is 5.91. The van der Waals surface area contributed by atoms with Crippen LogP contribution in [0.1, 0.15) is 21.7 Å². The summed E-state index contributed by atoms with van der Waals surface area (Å²) in [6.07, 6.45) is 2.28. The van der Waals surface area contributed by atoms with Gasteiger partial charge in [0.25, 0.3) is 5.91 Å². The summed E-state index contributed by atoms with van der Waals surface area (Å²) in [6, 6.07) is 17.4. The molecule has 0 saturated carbocycles. The van der Waals surface area contributed by atoms with Crippen LogP contribution in [0.25, 0.3) is 11.1 Å². The first-order valence-electron chi connectivity index (χ1n) is 8.03. The van der Waals surface area contributed by atoms with E-state index in [1.165, 1.54) is 28.5 Å². The van der Waals surface area contributed by atoms with Gasteiger partial charge in [0, 0.05) is 5.69 Å². The molecule has 1 aliphatic rings. The van der Waals surface area contributed by atoms with Crippen LogP contribution in [-0.2, 0) is 11.2 Å². The second kappa shape index (κ2) is 6.28. The highest BCUT2D eigenvalue weighted by atomic mass is 16.3. The van der Waals surface area contributed by atoms with Gasteiger partial charge in [-0.2, -0.15) is 0 Å². The molecule has 5 nitrogen and oxygen atoms in total. The lowest BCUT2D eigenvalue weighted by Gasteiger charge is -2.08. The first-order valence-corrected chi connectivity index (χ1v) is 8.03. The van der Waals surface area contributed by atoms with Crippen molar-refractivity contribution in [3.8, 4) is 11.1 Å². The minimum atomic E-state index is -0.412. The number of benzene rings is 2. The molecule has 0 saturated heterocycles. The molecule has 0 atom stereocenters. The Balaban J connectivity index is 1.40. The van der Waals surface area contributed by atoms with Crippen LogP contribution in [-0.4, -0.2) is 18.4 Å². The van der Waals surface area contributed by atoms with Crippen LogP contribution in [0.3, 0.4) is 0 Å². The Hall–Kier alpha value is -3.34. The molecule has 2 aromatic carbocycles. The lowest BCUT2D eigenvalue weighted by atomic mass is 10.1. The molecule has 0 aliphatic heterocycles. The molecule has 25 heavy (non-hydrogen) atoms. The minimum absolute atomic E-state index is 0.114. The van der Waals surface area contributed by atoms with E-state index in [1.54, 1.807) is 12.1 Å². The lowest BCUT2D eigenvalue weighted by Crippen LogP contribution is -2.32. The van der Waals surface area contributed by atoms with E-state index in [4.69, 9.17) is 4.42 Å². The molecule has 1 aromatic heterocycles. The fourth-order valence-electron chi connectivity index (χ4n) is 3.08. The largest absolute Gasteiger partial charge is 0.459 e. The van der Waals surface area contributed by atoms with E-state index >= 15 is 0 Å². The van der Waals surface area contributed by atoms with Crippen LogP contribution in [0.4, 0.5) is 5.69 Å². The van der Waals surface area contributed by atoms with Crippen molar-refractivity contribution in [1.29, 1.82) is 0 Å². The van der Waals surface area contributed by atoms with Gasteiger partial charge in [0.15, 0.2) is 5.76 Å². The number of carbonyl (C=O) groups is 2. The van der Waals surface area contributed by atoms with Crippen LogP contribution in [0, 0.1) is 0 Å². The van der Waals surface area contributed by atoms with E-state index in [9.17, 15) is 9.59 Å². The van der Waals surface area contributed by atoms with Crippen molar-refractivity contribution in [3.63, 3.8) is 0 Å². The first kappa shape index (κ1) is 15.2. The summed E-state index contributed by atoms with van der Waals surface area (Å²) in [7, 11) is 0. The minimum Gasteiger partial charge on any atom is -0.459 e. The molecule has 1 aliphatic carbocycles. The molecule has 0 spiro atoms. The van der Waals surface area contributed by atoms with Gasteiger partial charge < -0.3 is 15.1 Å². The quantitative estimate of drug-likeness (QED) is 0.603. The van der Waals surface area contributed by atoms with E-state index in [0.717, 1.165) is 12.1 Å². The monoisotopic (exact) mass is 332 g/mol. The van der Waals surface area contributed by atoms with Gasteiger partial charge in [-0.25, -0.2) is 0 Å². The zero-order chi connectivity index (χ0) is 17.2. The van der Waals surface area contributed by atoms with E-state index < -0.39 is 5.91 Å². The van der Waals surface area contributed by atoms with E-state index in [2.05, 4.69) is 22.8 Å². The maximum Gasteiger partial charge on any atom is 0.287 e. The van der Waals surface area contributed by atoms with Crippen LogP contribution in [0.5, 0.6) is 0 Å². The Kier molecular flexibility index (Phi) is 3.82. The third kappa shape index (κ3) is 3.04. The van der Waals surface area contributed by atoms with Crippen molar-refractivity contribution in [1.82, 2.24) is 5.32 Å². The van der Waals surface area contributed by atoms with Crippen molar-refractivity contribution < 1.29 is 14.0 Å². The van der Waals surface area contributed by atoms with E-state index in [0.29, 0.717) is 0 Å². The number of rotatable bonds is 4. The summed E-state index contributed by atoms with van der Waals surface area (Å²) in [5.74, 6) is -0.511. The summed E-state index contributed by atoms with van der Waals surface area (Å²) in [5, 5.41) is 5.34. The standard InChI is InChI=1S/C20H16N2O3/c23-19(12-21-20(24)18-6-3-9-25-18)22-15-7-8-17-14(11-15)10-13-4-1-2-5-16(13)17/h1-9,11H,10,12H2,(H,21,24)(H,22,23). The zero-order valence-corrected chi connectivity index (χ0v) is 13.4. The molecule has 2 N–H and O–H groups in total. The average molecular weight is 332 g/mol. The Morgan fingerprint density at radius 3 is 2.64 bits per heavy atom. The smallest absolute Gasteiger partial charge is 0.287 e. The van der Waals surface area contributed by atoms with Crippen molar-refractivity contribution in [2.24, 2.45) is 0 Å². The number of hydrogen-bond acceptors (Lipinski definition) is 3. The third-order valence-electron chi connectivity index (χ3n) is 4.23. The molecule has 0 unspecified atom stereocenters. The SMILES string of the molecule is O=C(CNC(=O)c1ccco1)Nc1ccc2c(c1)Cc1ccccc1-2. The molecule has 3 aromatic rings. The number of hydrogen-bond donors (Lipinski definition) is 2. The Morgan fingerprint density at radius 2 is 1.80 bits per heavy atom. The number of furan rings is 1. The van der Waals surface area contributed by atoms with Crippen LogP contribution >= 0.6 is 0 Å². The van der Waals surface area contributed by atoms with Crippen molar-refractivity contribution >= 4 is 17.5 Å². The van der Waals surface area contributed by atoms with Crippen LogP contribution < -0.4 is 10.6 Å². The molecule has 4 rings (SSSR count). The van der Waals surface area contributed by atoms with Crippen molar-refractivity contribution in [2.75, 3.05) is 11.9 Å². The lowest BCUT2D eigenvalue weighted by molar-refractivity contribution is -0.115. The topological polar surface area (TPSA) is 71.3 Å². The van der Waals surface area contributed by atoms with Crippen molar-refractivity contribution in [2.45, 2.75) is 6.42 Å². The third-order valence-corrected chi connectivity index (χ3v) is 4.23.